The van der Waals surface area contributed by atoms with Crippen molar-refractivity contribution in [1.82, 2.24) is 9.97 Å². The van der Waals surface area contributed by atoms with E-state index >= 15 is 0 Å². The molecule has 1 heterocycles. The fourth-order valence-electron chi connectivity index (χ4n) is 1.25. The molecule has 0 saturated carbocycles. The Labute approximate surface area is 69.1 Å². The maximum atomic E-state index is 10.9. The standard InChI is InChI=1S/C8H7N3O/c9-8(12)7-5-2-1-3-6(5)10-4-11-7/h1-2,4H,3H2,(H2,9,12). The Bertz CT molecular complexity index is 371. The molecule has 60 valence electrons. The monoisotopic (exact) mass is 161 g/mol. The van der Waals surface area contributed by atoms with Gasteiger partial charge in [-0.3, -0.25) is 4.79 Å². The number of aromatic nitrogens is 2. The number of primary amides is 1. The minimum atomic E-state index is -0.500. The summed E-state index contributed by atoms with van der Waals surface area (Å²) in [5, 5.41) is 0. The Morgan fingerprint density at radius 1 is 1.50 bits per heavy atom. The fraction of sp³-hybridized carbons (Fsp3) is 0.125. The lowest BCUT2D eigenvalue weighted by Crippen LogP contribution is -2.15. The van der Waals surface area contributed by atoms with Crippen LogP contribution in [0.2, 0.25) is 0 Å². The first-order chi connectivity index (χ1) is 5.79. The quantitative estimate of drug-likeness (QED) is 0.637. The van der Waals surface area contributed by atoms with Gasteiger partial charge in [0.05, 0.1) is 5.69 Å². The van der Waals surface area contributed by atoms with Gasteiger partial charge in [0, 0.05) is 12.0 Å². The first-order valence-corrected chi connectivity index (χ1v) is 3.59. The van der Waals surface area contributed by atoms with Crippen LogP contribution in [0.15, 0.2) is 12.4 Å². The van der Waals surface area contributed by atoms with Crippen molar-refractivity contribution in [3.05, 3.63) is 29.4 Å². The zero-order chi connectivity index (χ0) is 8.55. The summed E-state index contributed by atoms with van der Waals surface area (Å²) in [5.74, 6) is -0.500. The number of rotatable bonds is 1. The maximum absolute atomic E-state index is 10.9. The number of hydrogen-bond donors (Lipinski definition) is 1. The van der Waals surface area contributed by atoms with Crippen molar-refractivity contribution in [2.24, 2.45) is 5.73 Å². The zero-order valence-electron chi connectivity index (χ0n) is 6.32. The highest BCUT2D eigenvalue weighted by molar-refractivity contribution is 5.95. The van der Waals surface area contributed by atoms with E-state index in [1.54, 1.807) is 0 Å². The Balaban J connectivity index is 2.63. The molecule has 1 aromatic rings. The molecule has 0 bridgehead atoms. The average Bonchev–Trinajstić information content (AvgIpc) is 2.49. The summed E-state index contributed by atoms with van der Waals surface area (Å²) >= 11 is 0. The predicted molar refractivity (Wildman–Crippen MR) is 43.3 cm³/mol. The van der Waals surface area contributed by atoms with Gasteiger partial charge in [0.1, 0.15) is 12.0 Å². The van der Waals surface area contributed by atoms with Crippen molar-refractivity contribution in [1.29, 1.82) is 0 Å². The Hall–Kier alpha value is -1.71. The van der Waals surface area contributed by atoms with Crippen LogP contribution in [-0.2, 0) is 6.42 Å². The lowest BCUT2D eigenvalue weighted by molar-refractivity contribution is 0.0995. The Morgan fingerprint density at radius 2 is 2.33 bits per heavy atom. The summed E-state index contributed by atoms with van der Waals surface area (Å²) in [4.78, 5) is 18.7. The Morgan fingerprint density at radius 3 is 3.08 bits per heavy atom. The molecular weight excluding hydrogens is 154 g/mol. The molecule has 2 N–H and O–H groups in total. The van der Waals surface area contributed by atoms with Gasteiger partial charge >= 0.3 is 0 Å². The number of fused-ring (bicyclic) bond motifs is 1. The number of nitrogens with zero attached hydrogens (tertiary/aromatic N) is 2. The lowest BCUT2D eigenvalue weighted by Gasteiger charge is -2.00. The van der Waals surface area contributed by atoms with Crippen molar-refractivity contribution in [3.8, 4) is 0 Å². The topological polar surface area (TPSA) is 68.9 Å². The second-order valence-corrected chi connectivity index (χ2v) is 2.55. The predicted octanol–water partition coefficient (Wildman–Crippen LogP) is 0.145. The van der Waals surface area contributed by atoms with Crippen LogP contribution in [-0.4, -0.2) is 15.9 Å². The molecule has 1 aliphatic rings. The van der Waals surface area contributed by atoms with Crippen LogP contribution < -0.4 is 5.73 Å². The molecule has 0 unspecified atom stereocenters. The average molecular weight is 161 g/mol. The minimum Gasteiger partial charge on any atom is -0.364 e. The highest BCUT2D eigenvalue weighted by atomic mass is 16.1. The molecule has 12 heavy (non-hydrogen) atoms. The van der Waals surface area contributed by atoms with E-state index in [1.165, 1.54) is 6.33 Å². The second-order valence-electron chi connectivity index (χ2n) is 2.55. The van der Waals surface area contributed by atoms with Gasteiger partial charge in [-0.15, -0.1) is 0 Å². The van der Waals surface area contributed by atoms with E-state index in [0.717, 1.165) is 17.7 Å². The fourth-order valence-corrected chi connectivity index (χ4v) is 1.25. The van der Waals surface area contributed by atoms with Gasteiger partial charge in [0.25, 0.3) is 5.91 Å². The van der Waals surface area contributed by atoms with Crippen molar-refractivity contribution >= 4 is 12.0 Å². The molecule has 0 radical (unpaired) electrons. The van der Waals surface area contributed by atoms with Crippen LogP contribution in [0.3, 0.4) is 0 Å². The first kappa shape index (κ1) is 6.97. The summed E-state index contributed by atoms with van der Waals surface area (Å²) < 4.78 is 0. The van der Waals surface area contributed by atoms with Gasteiger partial charge in [-0.2, -0.15) is 0 Å². The maximum Gasteiger partial charge on any atom is 0.268 e. The SMILES string of the molecule is NC(=O)c1ncnc2c1C=CC2. The van der Waals surface area contributed by atoms with E-state index in [0.29, 0.717) is 5.69 Å². The van der Waals surface area contributed by atoms with Crippen LogP contribution >= 0.6 is 0 Å². The van der Waals surface area contributed by atoms with E-state index in [1.807, 2.05) is 12.2 Å². The smallest absolute Gasteiger partial charge is 0.268 e. The number of hydrogen-bond acceptors (Lipinski definition) is 3. The van der Waals surface area contributed by atoms with E-state index in [4.69, 9.17) is 5.73 Å². The van der Waals surface area contributed by atoms with Gasteiger partial charge in [-0.25, -0.2) is 9.97 Å². The van der Waals surface area contributed by atoms with Crippen LogP contribution in [0.1, 0.15) is 21.7 Å². The summed E-state index contributed by atoms with van der Waals surface area (Å²) in [5.41, 5.74) is 7.08. The molecular formula is C8H7N3O. The molecule has 0 fully saturated rings. The van der Waals surface area contributed by atoms with Gasteiger partial charge in [-0.1, -0.05) is 12.2 Å². The molecule has 1 aliphatic carbocycles. The molecule has 0 spiro atoms. The number of nitrogens with two attached hydrogens (primary N) is 1. The van der Waals surface area contributed by atoms with Gasteiger partial charge in [-0.05, 0) is 0 Å². The molecule has 0 saturated heterocycles. The zero-order valence-corrected chi connectivity index (χ0v) is 6.32. The highest BCUT2D eigenvalue weighted by Crippen LogP contribution is 2.18. The molecule has 0 aliphatic heterocycles. The number of carbonyl (C=O) groups is 1. The van der Waals surface area contributed by atoms with E-state index in [2.05, 4.69) is 9.97 Å². The third-order valence-corrected chi connectivity index (χ3v) is 1.80. The summed E-state index contributed by atoms with van der Waals surface area (Å²) in [7, 11) is 0. The molecule has 1 amide bonds. The lowest BCUT2D eigenvalue weighted by atomic mass is 10.2. The molecule has 1 aromatic heterocycles. The van der Waals surface area contributed by atoms with Crippen LogP contribution in [0.25, 0.3) is 6.08 Å². The minimum absolute atomic E-state index is 0.314. The van der Waals surface area contributed by atoms with Crippen LogP contribution in [0, 0.1) is 0 Å². The van der Waals surface area contributed by atoms with Crippen molar-refractivity contribution in [3.63, 3.8) is 0 Å². The molecule has 4 heteroatoms. The largest absolute Gasteiger partial charge is 0.364 e. The van der Waals surface area contributed by atoms with Gasteiger partial charge in [0.15, 0.2) is 0 Å². The van der Waals surface area contributed by atoms with Crippen molar-refractivity contribution in [2.45, 2.75) is 6.42 Å². The third-order valence-electron chi connectivity index (χ3n) is 1.80. The highest BCUT2D eigenvalue weighted by Gasteiger charge is 2.15. The Kier molecular flexibility index (Phi) is 1.40. The van der Waals surface area contributed by atoms with E-state index in [-0.39, 0.29) is 0 Å². The first-order valence-electron chi connectivity index (χ1n) is 3.59. The normalized spacial score (nSPS) is 13.0. The van der Waals surface area contributed by atoms with Crippen LogP contribution in [0.4, 0.5) is 0 Å². The number of allylic oxidation sites excluding steroid dienone is 1. The van der Waals surface area contributed by atoms with Crippen molar-refractivity contribution < 1.29 is 4.79 Å². The van der Waals surface area contributed by atoms with Crippen LogP contribution in [0.5, 0.6) is 0 Å². The molecule has 0 atom stereocenters. The van der Waals surface area contributed by atoms with Crippen molar-refractivity contribution in [2.75, 3.05) is 0 Å². The number of amides is 1. The summed E-state index contributed by atoms with van der Waals surface area (Å²) in [6, 6.07) is 0. The molecule has 2 rings (SSSR count). The van der Waals surface area contributed by atoms with E-state index in [9.17, 15) is 4.79 Å². The summed E-state index contributed by atoms with van der Waals surface area (Å²) in [6.07, 6.45) is 5.89. The second kappa shape index (κ2) is 2.41. The summed E-state index contributed by atoms with van der Waals surface area (Å²) in [6.45, 7) is 0. The molecule has 4 nitrogen and oxygen atoms in total. The van der Waals surface area contributed by atoms with Gasteiger partial charge < -0.3 is 5.73 Å². The third kappa shape index (κ3) is 0.887. The molecule has 0 aromatic carbocycles. The van der Waals surface area contributed by atoms with E-state index < -0.39 is 5.91 Å². The van der Waals surface area contributed by atoms with Gasteiger partial charge in [0.2, 0.25) is 0 Å². The number of carbonyl (C=O) groups excluding carboxylic acids is 1.